The molecule has 9 heteroatoms. The highest BCUT2D eigenvalue weighted by molar-refractivity contribution is 6.03. The van der Waals surface area contributed by atoms with Crippen LogP contribution in [0.4, 0.5) is 5.69 Å². The maximum atomic E-state index is 13.5. The van der Waals surface area contributed by atoms with Crippen LogP contribution in [0.15, 0.2) is 65.7 Å². The van der Waals surface area contributed by atoms with Gasteiger partial charge >= 0.3 is 0 Å². The number of benzene rings is 1. The van der Waals surface area contributed by atoms with Gasteiger partial charge < -0.3 is 24.5 Å². The minimum Gasteiger partial charge on any atom is -0.493 e. The molecule has 0 aliphatic carbocycles. The van der Waals surface area contributed by atoms with Gasteiger partial charge in [0.05, 0.1) is 19.2 Å². The number of hydrogen-bond acceptors (Lipinski definition) is 6. The van der Waals surface area contributed by atoms with Gasteiger partial charge in [-0.1, -0.05) is 30.3 Å². The molecule has 1 aliphatic heterocycles. The molecule has 1 amide bonds. The molecular weight excluding hydrogens is 470 g/mol. The Hall–Kier alpha value is -4.40. The predicted octanol–water partition coefficient (Wildman–Crippen LogP) is 3.32. The SMILES string of the molecule is COc1c(C(=O)NC2CCN(c3ccncc3)CC2)[nH]c2cc(C)n(CC(=O)c3ccccc3)c(=O)c12. The van der Waals surface area contributed by atoms with Crippen molar-refractivity contribution < 1.29 is 14.3 Å². The van der Waals surface area contributed by atoms with Crippen molar-refractivity contribution in [2.75, 3.05) is 25.1 Å². The second-order valence-corrected chi connectivity index (χ2v) is 9.23. The average Bonchev–Trinajstić information content (AvgIpc) is 3.31. The Kier molecular flexibility index (Phi) is 6.76. The molecule has 1 aromatic carbocycles. The summed E-state index contributed by atoms with van der Waals surface area (Å²) in [5, 5.41) is 3.35. The molecular formula is C28H29N5O4. The molecule has 0 unspecified atom stereocenters. The Balaban J connectivity index is 1.36. The quantitative estimate of drug-likeness (QED) is 0.378. The number of carbonyl (C=O) groups excluding carboxylic acids is 2. The second kappa shape index (κ2) is 10.3. The van der Waals surface area contributed by atoms with Crippen LogP contribution in [0.25, 0.3) is 10.9 Å². The van der Waals surface area contributed by atoms with E-state index in [0.717, 1.165) is 31.6 Å². The number of anilines is 1. The van der Waals surface area contributed by atoms with E-state index in [2.05, 4.69) is 20.2 Å². The van der Waals surface area contributed by atoms with E-state index in [1.165, 1.54) is 11.7 Å². The highest BCUT2D eigenvalue weighted by atomic mass is 16.5. The van der Waals surface area contributed by atoms with Crippen molar-refractivity contribution in [3.05, 3.63) is 88.2 Å². The van der Waals surface area contributed by atoms with E-state index in [0.29, 0.717) is 16.8 Å². The largest absolute Gasteiger partial charge is 0.493 e. The summed E-state index contributed by atoms with van der Waals surface area (Å²) in [6, 6.07) is 14.6. The maximum Gasteiger partial charge on any atom is 0.271 e. The Morgan fingerprint density at radius 2 is 1.81 bits per heavy atom. The normalized spacial score (nSPS) is 14.1. The van der Waals surface area contributed by atoms with Gasteiger partial charge in [-0.2, -0.15) is 0 Å². The van der Waals surface area contributed by atoms with Crippen LogP contribution in [0.3, 0.4) is 0 Å². The van der Waals surface area contributed by atoms with Gasteiger partial charge in [0.25, 0.3) is 11.5 Å². The molecule has 0 spiro atoms. The van der Waals surface area contributed by atoms with E-state index in [1.54, 1.807) is 49.6 Å². The summed E-state index contributed by atoms with van der Waals surface area (Å²) in [5.41, 5.74) is 2.59. The number of Topliss-reactive ketones (excluding diaryl/α,β-unsaturated/α-hetero) is 1. The number of pyridine rings is 2. The smallest absolute Gasteiger partial charge is 0.271 e. The third-order valence-electron chi connectivity index (χ3n) is 6.91. The summed E-state index contributed by atoms with van der Waals surface area (Å²) in [4.78, 5) is 48.9. The highest BCUT2D eigenvalue weighted by Crippen LogP contribution is 2.28. The summed E-state index contributed by atoms with van der Waals surface area (Å²) in [7, 11) is 1.44. The number of nitrogens with one attached hydrogen (secondary N) is 2. The Labute approximate surface area is 214 Å². The van der Waals surface area contributed by atoms with Crippen LogP contribution < -0.4 is 20.5 Å². The number of nitrogens with zero attached hydrogens (tertiary/aromatic N) is 3. The van der Waals surface area contributed by atoms with Crippen LogP contribution in [-0.2, 0) is 6.54 Å². The number of amides is 1. The van der Waals surface area contributed by atoms with Crippen LogP contribution in [-0.4, -0.2) is 52.5 Å². The van der Waals surface area contributed by atoms with E-state index in [9.17, 15) is 14.4 Å². The fourth-order valence-electron chi connectivity index (χ4n) is 4.92. The Morgan fingerprint density at radius 1 is 1.11 bits per heavy atom. The predicted molar refractivity (Wildman–Crippen MR) is 142 cm³/mol. The van der Waals surface area contributed by atoms with E-state index in [1.807, 2.05) is 18.2 Å². The van der Waals surface area contributed by atoms with Gasteiger partial charge in [0.15, 0.2) is 11.5 Å². The molecule has 5 rings (SSSR count). The van der Waals surface area contributed by atoms with E-state index >= 15 is 0 Å². The van der Waals surface area contributed by atoms with Crippen LogP contribution >= 0.6 is 0 Å². The first kappa shape index (κ1) is 24.3. The molecule has 0 bridgehead atoms. The van der Waals surface area contributed by atoms with Gasteiger partial charge in [0.1, 0.15) is 11.1 Å². The summed E-state index contributed by atoms with van der Waals surface area (Å²) >= 11 is 0. The van der Waals surface area contributed by atoms with Crippen LogP contribution in [0.1, 0.15) is 39.4 Å². The van der Waals surface area contributed by atoms with Crippen LogP contribution in [0.5, 0.6) is 5.75 Å². The zero-order chi connectivity index (χ0) is 25.9. The number of aryl methyl sites for hydroxylation is 1. The average molecular weight is 500 g/mol. The fourth-order valence-corrected chi connectivity index (χ4v) is 4.92. The number of rotatable bonds is 7. The molecule has 3 aromatic heterocycles. The Morgan fingerprint density at radius 3 is 2.49 bits per heavy atom. The number of aromatic nitrogens is 3. The zero-order valence-electron chi connectivity index (χ0n) is 20.9. The summed E-state index contributed by atoms with van der Waals surface area (Å²) in [6.07, 6.45) is 5.14. The van der Waals surface area contributed by atoms with Crippen molar-refractivity contribution in [2.24, 2.45) is 0 Å². The molecule has 0 saturated carbocycles. The van der Waals surface area contributed by atoms with Crippen molar-refractivity contribution >= 4 is 28.3 Å². The lowest BCUT2D eigenvalue weighted by Gasteiger charge is -2.33. The van der Waals surface area contributed by atoms with Crippen LogP contribution in [0, 0.1) is 6.92 Å². The minimum absolute atomic E-state index is 0.00333. The van der Waals surface area contributed by atoms with Gasteiger partial charge in [-0.3, -0.25) is 19.4 Å². The first-order chi connectivity index (χ1) is 18.0. The Bertz CT molecular complexity index is 1490. The van der Waals surface area contributed by atoms with Gasteiger partial charge in [-0.05, 0) is 38.0 Å². The van der Waals surface area contributed by atoms with Crippen molar-refractivity contribution in [2.45, 2.75) is 32.4 Å². The molecule has 0 radical (unpaired) electrons. The molecule has 4 aromatic rings. The number of hydrogen-bond donors (Lipinski definition) is 2. The summed E-state index contributed by atoms with van der Waals surface area (Å²) in [5.74, 6) is -0.303. The first-order valence-corrected chi connectivity index (χ1v) is 12.3. The zero-order valence-corrected chi connectivity index (χ0v) is 20.9. The lowest BCUT2D eigenvalue weighted by molar-refractivity contribution is 0.0922. The van der Waals surface area contributed by atoms with Gasteiger partial charge in [-0.15, -0.1) is 0 Å². The number of methoxy groups -OCH3 is 1. The molecule has 1 aliphatic rings. The molecule has 4 heterocycles. The lowest BCUT2D eigenvalue weighted by Crippen LogP contribution is -2.44. The lowest BCUT2D eigenvalue weighted by atomic mass is 10.0. The van der Waals surface area contributed by atoms with Gasteiger partial charge in [0, 0.05) is 48.5 Å². The third kappa shape index (κ3) is 4.84. The number of H-pyrrole nitrogens is 1. The molecule has 9 nitrogen and oxygen atoms in total. The second-order valence-electron chi connectivity index (χ2n) is 9.23. The first-order valence-electron chi connectivity index (χ1n) is 12.3. The summed E-state index contributed by atoms with van der Waals surface area (Å²) < 4.78 is 6.97. The van der Waals surface area contributed by atoms with Crippen molar-refractivity contribution in [3.8, 4) is 5.75 Å². The third-order valence-corrected chi connectivity index (χ3v) is 6.91. The van der Waals surface area contributed by atoms with Crippen molar-refractivity contribution in [1.82, 2.24) is 19.9 Å². The number of carbonyl (C=O) groups is 2. The maximum absolute atomic E-state index is 13.5. The number of ketones is 1. The van der Waals surface area contributed by atoms with Crippen molar-refractivity contribution in [1.29, 1.82) is 0 Å². The number of fused-ring (bicyclic) bond motifs is 1. The molecule has 1 fully saturated rings. The van der Waals surface area contributed by atoms with Gasteiger partial charge in [-0.25, -0.2) is 0 Å². The molecule has 1 saturated heterocycles. The highest BCUT2D eigenvalue weighted by Gasteiger charge is 2.27. The van der Waals surface area contributed by atoms with E-state index in [4.69, 9.17) is 4.74 Å². The number of aromatic amines is 1. The molecule has 0 atom stereocenters. The fraction of sp³-hybridized carbons (Fsp3) is 0.286. The molecule has 2 N–H and O–H groups in total. The monoisotopic (exact) mass is 499 g/mol. The standard InChI is InChI=1S/C28H29N5O4/c1-18-16-22-24(28(36)33(18)17-23(34)19-6-4-3-5-7-19)26(37-2)25(31-22)27(35)30-20-10-14-32(15-11-20)21-8-12-29-13-9-21/h3-9,12-13,16,20,31H,10-11,14-15,17H2,1-2H3,(H,30,35). The van der Waals surface area contributed by atoms with E-state index in [-0.39, 0.29) is 46.7 Å². The summed E-state index contributed by atoms with van der Waals surface area (Å²) in [6.45, 7) is 3.30. The molecule has 37 heavy (non-hydrogen) atoms. The topological polar surface area (TPSA) is 109 Å². The van der Waals surface area contributed by atoms with E-state index < -0.39 is 0 Å². The van der Waals surface area contributed by atoms with Gasteiger partial charge in [0.2, 0.25) is 0 Å². The number of ether oxygens (including phenoxy) is 1. The minimum atomic E-state index is -0.378. The molecule has 190 valence electrons. The van der Waals surface area contributed by atoms with Crippen molar-refractivity contribution in [3.63, 3.8) is 0 Å². The van der Waals surface area contributed by atoms with Crippen LogP contribution in [0.2, 0.25) is 0 Å². The number of piperidine rings is 1.